The summed E-state index contributed by atoms with van der Waals surface area (Å²) < 4.78 is 11.4. The lowest BCUT2D eigenvalue weighted by Crippen LogP contribution is -2.46. The average Bonchev–Trinajstić information content (AvgIpc) is 2.94. The summed E-state index contributed by atoms with van der Waals surface area (Å²) in [4.78, 5) is 13.6. The fourth-order valence-electron chi connectivity index (χ4n) is 4.73. The Morgan fingerprint density at radius 2 is 1.82 bits per heavy atom. The maximum absolute atomic E-state index is 12.4. The molecule has 0 aliphatic rings. The molecule has 0 unspecified atom stereocenters. The highest BCUT2D eigenvalue weighted by Crippen LogP contribution is 2.32. The van der Waals surface area contributed by atoms with E-state index in [2.05, 4.69) is 67.9 Å². The van der Waals surface area contributed by atoms with Gasteiger partial charge in [0.2, 0.25) is 0 Å². The van der Waals surface area contributed by atoms with Gasteiger partial charge in [-0.15, -0.1) is 11.8 Å². The van der Waals surface area contributed by atoms with Crippen molar-refractivity contribution in [3.8, 4) is 11.1 Å². The summed E-state index contributed by atoms with van der Waals surface area (Å²) in [6, 6.07) is 22.6. The van der Waals surface area contributed by atoms with E-state index in [1.165, 1.54) is 10.5 Å². The molecule has 0 bridgehead atoms. The largest absolute Gasteiger partial charge is 0.462 e. The van der Waals surface area contributed by atoms with Crippen LogP contribution in [0, 0.1) is 0 Å². The summed E-state index contributed by atoms with van der Waals surface area (Å²) in [5.74, 6) is -0.287. The number of nitrogens with one attached hydrogen (secondary N) is 1. The fraction of sp³-hybridized carbons (Fsp3) is 0.424. The quantitative estimate of drug-likeness (QED) is 0.169. The molecule has 3 aromatic carbocycles. The number of aryl methyl sites for hydroxylation is 1. The van der Waals surface area contributed by atoms with Gasteiger partial charge in [-0.1, -0.05) is 55.5 Å². The van der Waals surface area contributed by atoms with E-state index in [9.17, 15) is 9.90 Å². The molecule has 0 radical (unpaired) electrons. The number of carbonyl (C=O) groups is 1. The van der Waals surface area contributed by atoms with Crippen molar-refractivity contribution >= 4 is 17.7 Å². The molecule has 0 aliphatic carbocycles. The minimum absolute atomic E-state index is 0.164. The van der Waals surface area contributed by atoms with Gasteiger partial charge in [0.15, 0.2) is 0 Å². The second kappa shape index (κ2) is 14.7. The van der Waals surface area contributed by atoms with Crippen LogP contribution in [0.5, 0.6) is 0 Å². The van der Waals surface area contributed by atoms with Crippen molar-refractivity contribution in [3.05, 3.63) is 89.0 Å². The van der Waals surface area contributed by atoms with Gasteiger partial charge in [0.25, 0.3) is 0 Å². The maximum Gasteiger partial charge on any atom is 0.338 e. The minimum Gasteiger partial charge on any atom is -0.462 e. The molecule has 0 saturated heterocycles. The van der Waals surface area contributed by atoms with Crippen LogP contribution in [0.15, 0.2) is 71.6 Å². The van der Waals surface area contributed by atoms with Crippen LogP contribution >= 0.6 is 11.8 Å². The Morgan fingerprint density at radius 3 is 2.54 bits per heavy atom. The molecule has 210 valence electrons. The Balaban J connectivity index is 1.62. The van der Waals surface area contributed by atoms with E-state index in [0.717, 1.165) is 35.1 Å². The van der Waals surface area contributed by atoms with Crippen LogP contribution in [0.3, 0.4) is 0 Å². The van der Waals surface area contributed by atoms with Gasteiger partial charge in [0.05, 0.1) is 31.0 Å². The molecule has 0 saturated carbocycles. The van der Waals surface area contributed by atoms with Crippen LogP contribution in [0.4, 0.5) is 0 Å². The molecule has 3 aromatic rings. The molecule has 3 rings (SSSR count). The molecule has 5 nitrogen and oxygen atoms in total. The first kappa shape index (κ1) is 30.9. The topological polar surface area (TPSA) is 67.8 Å². The van der Waals surface area contributed by atoms with Gasteiger partial charge in [-0.25, -0.2) is 4.79 Å². The highest BCUT2D eigenvalue weighted by molar-refractivity contribution is 7.98. The molecule has 6 heteroatoms. The van der Waals surface area contributed by atoms with Crippen LogP contribution in [0.1, 0.15) is 67.8 Å². The summed E-state index contributed by atoms with van der Waals surface area (Å²) >= 11 is 1.74. The Hall–Kier alpha value is -2.64. The second-order valence-corrected chi connectivity index (χ2v) is 11.3. The predicted octanol–water partition coefficient (Wildman–Crippen LogP) is 6.86. The van der Waals surface area contributed by atoms with Crippen molar-refractivity contribution in [2.75, 3.05) is 26.0 Å². The van der Waals surface area contributed by atoms with Crippen LogP contribution < -0.4 is 5.32 Å². The Morgan fingerprint density at radius 1 is 1.05 bits per heavy atom. The fourth-order valence-corrected chi connectivity index (χ4v) is 5.21. The first-order valence-corrected chi connectivity index (χ1v) is 15.0. The normalized spacial score (nSPS) is 13.2. The first-order chi connectivity index (χ1) is 18.7. The highest BCUT2D eigenvalue weighted by atomic mass is 32.2. The van der Waals surface area contributed by atoms with Gasteiger partial charge in [0, 0.05) is 17.0 Å². The van der Waals surface area contributed by atoms with E-state index < -0.39 is 6.10 Å². The van der Waals surface area contributed by atoms with Crippen molar-refractivity contribution in [2.45, 2.75) is 70.1 Å². The third-order valence-electron chi connectivity index (χ3n) is 6.83. The van der Waals surface area contributed by atoms with Gasteiger partial charge < -0.3 is 19.9 Å². The van der Waals surface area contributed by atoms with E-state index in [-0.39, 0.29) is 24.2 Å². The number of hydrogen-bond donors (Lipinski definition) is 2. The van der Waals surface area contributed by atoms with Crippen molar-refractivity contribution in [1.29, 1.82) is 0 Å². The van der Waals surface area contributed by atoms with Crippen LogP contribution in [0.2, 0.25) is 0 Å². The van der Waals surface area contributed by atoms with Gasteiger partial charge in [-0.3, -0.25) is 0 Å². The Labute approximate surface area is 238 Å². The molecule has 2 N–H and O–H groups in total. The SMILES string of the molecule is CCOC(=O)c1ccc(-c2ccccc2[C@@H](C)OC[C@H](O)CNC(C)(C)Cc2cccc(SC)c2)cc1CC. The van der Waals surface area contributed by atoms with Crippen LogP contribution in [-0.2, 0) is 22.3 Å². The van der Waals surface area contributed by atoms with E-state index in [4.69, 9.17) is 9.47 Å². The summed E-state index contributed by atoms with van der Waals surface area (Å²) in [7, 11) is 0. The van der Waals surface area contributed by atoms with Crippen molar-refractivity contribution in [3.63, 3.8) is 0 Å². The van der Waals surface area contributed by atoms with Crippen molar-refractivity contribution in [1.82, 2.24) is 5.32 Å². The smallest absolute Gasteiger partial charge is 0.338 e. The first-order valence-electron chi connectivity index (χ1n) is 13.7. The van der Waals surface area contributed by atoms with E-state index in [1.807, 2.05) is 45.0 Å². The molecule has 0 aliphatic heterocycles. The number of carbonyl (C=O) groups excluding carboxylic acids is 1. The highest BCUT2D eigenvalue weighted by Gasteiger charge is 2.21. The number of hydrogen-bond acceptors (Lipinski definition) is 6. The molecular formula is C33H43NO4S. The summed E-state index contributed by atoms with van der Waals surface area (Å²) in [6.07, 6.45) is 2.84. The lowest BCUT2D eigenvalue weighted by Gasteiger charge is -2.28. The Kier molecular flexibility index (Phi) is 11.6. The summed E-state index contributed by atoms with van der Waals surface area (Å²) in [5, 5.41) is 14.2. The molecule has 2 atom stereocenters. The van der Waals surface area contributed by atoms with Crippen molar-refractivity contribution < 1.29 is 19.4 Å². The Bertz CT molecular complexity index is 1230. The van der Waals surface area contributed by atoms with Crippen LogP contribution in [-0.4, -0.2) is 48.7 Å². The number of ether oxygens (including phenoxy) is 2. The zero-order valence-corrected chi connectivity index (χ0v) is 24.9. The van der Waals surface area contributed by atoms with Gasteiger partial charge in [-0.05, 0) is 92.8 Å². The molecule has 39 heavy (non-hydrogen) atoms. The van der Waals surface area contributed by atoms with Gasteiger partial charge >= 0.3 is 5.97 Å². The molecular weight excluding hydrogens is 506 g/mol. The third kappa shape index (κ3) is 8.94. The summed E-state index contributed by atoms with van der Waals surface area (Å²) in [6.45, 7) is 11.2. The molecule has 0 heterocycles. The van der Waals surface area contributed by atoms with E-state index >= 15 is 0 Å². The second-order valence-electron chi connectivity index (χ2n) is 10.5. The van der Waals surface area contributed by atoms with Crippen molar-refractivity contribution in [2.24, 2.45) is 0 Å². The number of thioether (sulfide) groups is 1. The number of rotatable bonds is 14. The standard InChI is InChI=1S/C33H43NO4S/c1-7-25-19-26(16-17-31(25)32(36)37-8-2)30-15-10-9-14-29(30)23(3)38-22-27(35)21-34-33(4,5)20-24-12-11-13-28(18-24)39-6/h9-19,23,27,34-35H,7-8,20-22H2,1-6H3/t23-,27-/m1/s1. The lowest BCUT2D eigenvalue weighted by molar-refractivity contribution is -0.00397. The molecule has 0 aromatic heterocycles. The van der Waals surface area contributed by atoms with Crippen LogP contribution in [0.25, 0.3) is 11.1 Å². The number of aliphatic hydroxyl groups is 1. The van der Waals surface area contributed by atoms with Gasteiger partial charge in [-0.2, -0.15) is 0 Å². The third-order valence-corrected chi connectivity index (χ3v) is 7.55. The number of esters is 1. The van der Waals surface area contributed by atoms with E-state index in [1.54, 1.807) is 11.8 Å². The molecule has 0 fully saturated rings. The van der Waals surface area contributed by atoms with Gasteiger partial charge in [0.1, 0.15) is 0 Å². The zero-order valence-electron chi connectivity index (χ0n) is 24.1. The number of benzene rings is 3. The zero-order chi connectivity index (χ0) is 28.4. The monoisotopic (exact) mass is 549 g/mol. The number of β-amino-alcohol motifs (C(OH)–C–C–N with tert-alkyl or cyclic N) is 1. The maximum atomic E-state index is 12.4. The summed E-state index contributed by atoms with van der Waals surface area (Å²) in [5.41, 5.74) is 5.80. The average molecular weight is 550 g/mol. The molecule has 0 spiro atoms. The molecule has 0 amide bonds. The number of aliphatic hydroxyl groups excluding tert-OH is 1. The lowest BCUT2D eigenvalue weighted by atomic mass is 9.93. The predicted molar refractivity (Wildman–Crippen MR) is 162 cm³/mol. The van der Waals surface area contributed by atoms with E-state index in [0.29, 0.717) is 18.7 Å². The minimum atomic E-state index is -0.632.